The number of hydrogen-bond donors (Lipinski definition) is 1. The molecule has 3 heterocycles. The molecule has 5 nitrogen and oxygen atoms in total. The molecule has 0 aliphatic carbocycles. The van der Waals surface area contributed by atoms with E-state index in [0.717, 1.165) is 33.6 Å². The number of ether oxygens (including phenoxy) is 1. The third kappa shape index (κ3) is 2.03. The van der Waals surface area contributed by atoms with Crippen LogP contribution in [0.2, 0.25) is 0 Å². The Morgan fingerprint density at radius 3 is 2.73 bits per heavy atom. The standard InChI is InChI=1S/C17H14N4O/c1-22-14-4-2-12(3-5-14)13-10-20-21(11-13)16-7-9-19-17-15(16)6-8-18-17/h2-11H,1H3,(H,18,19). The molecule has 0 aliphatic heterocycles. The number of H-pyrrole nitrogens is 1. The monoisotopic (exact) mass is 290 g/mol. The fraction of sp³-hybridized carbons (Fsp3) is 0.0588. The van der Waals surface area contributed by atoms with Crippen molar-refractivity contribution < 1.29 is 4.74 Å². The molecule has 0 saturated heterocycles. The van der Waals surface area contributed by atoms with Gasteiger partial charge < -0.3 is 9.72 Å². The van der Waals surface area contributed by atoms with Crippen LogP contribution in [0, 0.1) is 0 Å². The van der Waals surface area contributed by atoms with Gasteiger partial charge in [0.1, 0.15) is 11.4 Å². The maximum absolute atomic E-state index is 5.19. The number of aromatic nitrogens is 4. The second-order valence-electron chi connectivity index (χ2n) is 4.97. The van der Waals surface area contributed by atoms with E-state index in [1.54, 1.807) is 13.3 Å². The summed E-state index contributed by atoms with van der Waals surface area (Å²) in [5.74, 6) is 0.847. The molecule has 1 N–H and O–H groups in total. The quantitative estimate of drug-likeness (QED) is 0.629. The molecule has 108 valence electrons. The smallest absolute Gasteiger partial charge is 0.139 e. The van der Waals surface area contributed by atoms with Gasteiger partial charge in [0.05, 0.1) is 19.0 Å². The van der Waals surface area contributed by atoms with Gasteiger partial charge in [-0.3, -0.25) is 0 Å². The van der Waals surface area contributed by atoms with E-state index < -0.39 is 0 Å². The van der Waals surface area contributed by atoms with E-state index in [0.29, 0.717) is 0 Å². The predicted molar refractivity (Wildman–Crippen MR) is 85.2 cm³/mol. The van der Waals surface area contributed by atoms with E-state index in [2.05, 4.69) is 15.1 Å². The lowest BCUT2D eigenvalue weighted by molar-refractivity contribution is 0.415. The summed E-state index contributed by atoms with van der Waals surface area (Å²) < 4.78 is 7.06. The Bertz CT molecular complexity index is 921. The molecule has 0 amide bonds. The first-order valence-electron chi connectivity index (χ1n) is 6.97. The Balaban J connectivity index is 1.76. The van der Waals surface area contributed by atoms with Crippen molar-refractivity contribution in [1.29, 1.82) is 0 Å². The molecule has 5 heteroatoms. The Morgan fingerprint density at radius 1 is 1.05 bits per heavy atom. The summed E-state index contributed by atoms with van der Waals surface area (Å²) in [6, 6.07) is 11.9. The van der Waals surface area contributed by atoms with Gasteiger partial charge in [0.2, 0.25) is 0 Å². The number of aromatic amines is 1. The molecule has 0 bridgehead atoms. The van der Waals surface area contributed by atoms with Crippen LogP contribution in [0.4, 0.5) is 0 Å². The minimum absolute atomic E-state index is 0.847. The number of pyridine rings is 1. The van der Waals surface area contributed by atoms with E-state index in [-0.39, 0.29) is 0 Å². The molecule has 0 unspecified atom stereocenters. The molecule has 4 rings (SSSR count). The van der Waals surface area contributed by atoms with Gasteiger partial charge in [0.25, 0.3) is 0 Å². The van der Waals surface area contributed by atoms with Crippen LogP contribution in [0.15, 0.2) is 61.2 Å². The molecule has 0 radical (unpaired) electrons. The van der Waals surface area contributed by atoms with Crippen molar-refractivity contribution in [1.82, 2.24) is 19.7 Å². The minimum atomic E-state index is 0.847. The highest BCUT2D eigenvalue weighted by molar-refractivity contribution is 5.84. The Hall–Kier alpha value is -3.08. The van der Waals surface area contributed by atoms with Crippen molar-refractivity contribution in [3.63, 3.8) is 0 Å². The van der Waals surface area contributed by atoms with Crippen molar-refractivity contribution >= 4 is 11.0 Å². The average molecular weight is 290 g/mol. The highest BCUT2D eigenvalue weighted by Crippen LogP contribution is 2.24. The number of benzene rings is 1. The van der Waals surface area contributed by atoms with Gasteiger partial charge in [-0.2, -0.15) is 5.10 Å². The van der Waals surface area contributed by atoms with Crippen molar-refractivity contribution in [3.8, 4) is 22.6 Å². The number of nitrogens with one attached hydrogen (secondary N) is 1. The molecular formula is C17H14N4O. The predicted octanol–water partition coefficient (Wildman–Crippen LogP) is 3.42. The van der Waals surface area contributed by atoms with Gasteiger partial charge in [0.15, 0.2) is 0 Å². The van der Waals surface area contributed by atoms with Gasteiger partial charge in [-0.05, 0) is 29.8 Å². The van der Waals surface area contributed by atoms with E-state index >= 15 is 0 Å². The molecule has 0 aliphatic rings. The van der Waals surface area contributed by atoms with Crippen LogP contribution in [0.1, 0.15) is 0 Å². The average Bonchev–Trinajstić information content (AvgIpc) is 3.24. The van der Waals surface area contributed by atoms with Crippen molar-refractivity contribution in [2.45, 2.75) is 0 Å². The highest BCUT2D eigenvalue weighted by Gasteiger charge is 2.08. The summed E-state index contributed by atoms with van der Waals surface area (Å²) >= 11 is 0. The second-order valence-corrected chi connectivity index (χ2v) is 4.97. The van der Waals surface area contributed by atoms with E-state index in [1.807, 2.05) is 59.7 Å². The molecule has 0 fully saturated rings. The van der Waals surface area contributed by atoms with Gasteiger partial charge in [-0.1, -0.05) is 12.1 Å². The maximum atomic E-state index is 5.19. The van der Waals surface area contributed by atoms with Gasteiger partial charge >= 0.3 is 0 Å². The van der Waals surface area contributed by atoms with Crippen LogP contribution < -0.4 is 4.74 Å². The van der Waals surface area contributed by atoms with Gasteiger partial charge in [0, 0.05) is 29.5 Å². The summed E-state index contributed by atoms with van der Waals surface area (Å²) in [5.41, 5.74) is 4.03. The molecule has 3 aromatic heterocycles. The van der Waals surface area contributed by atoms with Crippen LogP contribution in [0.5, 0.6) is 5.75 Å². The summed E-state index contributed by atoms with van der Waals surface area (Å²) in [6.07, 6.45) is 7.54. The number of methoxy groups -OCH3 is 1. The first-order chi connectivity index (χ1) is 10.8. The molecule has 0 saturated carbocycles. The first kappa shape index (κ1) is 12.6. The molecule has 0 spiro atoms. The second kappa shape index (κ2) is 5.04. The lowest BCUT2D eigenvalue weighted by Crippen LogP contribution is -1.95. The van der Waals surface area contributed by atoms with Crippen LogP contribution >= 0.6 is 0 Å². The van der Waals surface area contributed by atoms with Crippen molar-refractivity contribution in [2.75, 3.05) is 7.11 Å². The number of nitrogens with zero attached hydrogens (tertiary/aromatic N) is 3. The molecule has 4 aromatic rings. The highest BCUT2D eigenvalue weighted by atomic mass is 16.5. The zero-order chi connectivity index (χ0) is 14.9. The largest absolute Gasteiger partial charge is 0.497 e. The third-order valence-corrected chi connectivity index (χ3v) is 3.69. The van der Waals surface area contributed by atoms with Crippen molar-refractivity contribution in [3.05, 3.63) is 61.2 Å². The first-order valence-corrected chi connectivity index (χ1v) is 6.97. The van der Waals surface area contributed by atoms with Crippen LogP contribution in [-0.4, -0.2) is 26.9 Å². The summed E-state index contributed by atoms with van der Waals surface area (Å²) in [4.78, 5) is 7.42. The summed E-state index contributed by atoms with van der Waals surface area (Å²) in [5, 5.41) is 5.53. The normalized spacial score (nSPS) is 11.0. The van der Waals surface area contributed by atoms with E-state index in [4.69, 9.17) is 4.74 Å². The molecule has 0 atom stereocenters. The number of hydrogen-bond acceptors (Lipinski definition) is 3. The van der Waals surface area contributed by atoms with E-state index in [9.17, 15) is 0 Å². The zero-order valence-corrected chi connectivity index (χ0v) is 12.0. The maximum Gasteiger partial charge on any atom is 0.139 e. The number of rotatable bonds is 3. The van der Waals surface area contributed by atoms with Crippen LogP contribution in [0.25, 0.3) is 27.8 Å². The molecule has 22 heavy (non-hydrogen) atoms. The molecule has 1 aromatic carbocycles. The van der Waals surface area contributed by atoms with Crippen molar-refractivity contribution in [2.24, 2.45) is 0 Å². The topological polar surface area (TPSA) is 55.7 Å². The zero-order valence-electron chi connectivity index (χ0n) is 12.0. The van der Waals surface area contributed by atoms with Crippen LogP contribution in [-0.2, 0) is 0 Å². The van der Waals surface area contributed by atoms with Gasteiger partial charge in [-0.25, -0.2) is 9.67 Å². The molecular weight excluding hydrogens is 276 g/mol. The SMILES string of the molecule is COc1ccc(-c2cnn(-c3ccnc4[nH]ccc34)c2)cc1. The van der Waals surface area contributed by atoms with Gasteiger partial charge in [-0.15, -0.1) is 0 Å². The van der Waals surface area contributed by atoms with E-state index in [1.165, 1.54) is 0 Å². The Morgan fingerprint density at radius 2 is 1.91 bits per heavy atom. The minimum Gasteiger partial charge on any atom is -0.497 e. The Labute approximate surface area is 127 Å². The van der Waals surface area contributed by atoms with Crippen LogP contribution in [0.3, 0.4) is 0 Å². The lowest BCUT2D eigenvalue weighted by atomic mass is 10.1. The summed E-state index contributed by atoms with van der Waals surface area (Å²) in [6.45, 7) is 0. The summed E-state index contributed by atoms with van der Waals surface area (Å²) in [7, 11) is 1.67. The Kier molecular flexibility index (Phi) is 2.89. The fourth-order valence-corrected chi connectivity index (χ4v) is 2.53. The number of fused-ring (bicyclic) bond motifs is 1. The third-order valence-electron chi connectivity index (χ3n) is 3.69. The fourth-order valence-electron chi connectivity index (χ4n) is 2.53. The lowest BCUT2D eigenvalue weighted by Gasteiger charge is -2.03.